The standard InChI is InChI=1S/C12H9FN2O2/c1-16-12-9(3-2-4-10(12)13)11-7-8(5-6-14)17-15-11/h2-4,7H,5H2,1H3. The molecule has 2 rings (SSSR count). The highest BCUT2D eigenvalue weighted by Gasteiger charge is 2.14. The Kier molecular flexibility index (Phi) is 3.06. The molecule has 0 N–H and O–H groups in total. The Labute approximate surface area is 97.2 Å². The topological polar surface area (TPSA) is 59.0 Å². The Morgan fingerprint density at radius 1 is 1.53 bits per heavy atom. The highest BCUT2D eigenvalue weighted by atomic mass is 19.1. The lowest BCUT2D eigenvalue weighted by atomic mass is 10.1. The first-order chi connectivity index (χ1) is 8.26. The summed E-state index contributed by atoms with van der Waals surface area (Å²) in [6.45, 7) is 0. The predicted octanol–water partition coefficient (Wildman–Crippen LogP) is 2.56. The molecule has 5 heteroatoms. The maximum atomic E-state index is 13.5. The van der Waals surface area contributed by atoms with Gasteiger partial charge in [-0.15, -0.1) is 0 Å². The van der Waals surface area contributed by atoms with Gasteiger partial charge in [-0.25, -0.2) is 4.39 Å². The van der Waals surface area contributed by atoms with Crippen molar-refractivity contribution in [1.82, 2.24) is 5.16 Å². The Bertz CT molecular complexity index is 572. The summed E-state index contributed by atoms with van der Waals surface area (Å²) in [5, 5.41) is 12.3. The molecule has 2 aromatic rings. The van der Waals surface area contributed by atoms with E-state index in [-0.39, 0.29) is 12.2 Å². The third kappa shape index (κ3) is 2.11. The number of benzene rings is 1. The van der Waals surface area contributed by atoms with Gasteiger partial charge in [0.2, 0.25) is 0 Å². The summed E-state index contributed by atoms with van der Waals surface area (Å²) in [5.74, 6) is 0.0907. The average molecular weight is 232 g/mol. The van der Waals surface area contributed by atoms with Gasteiger partial charge in [-0.05, 0) is 12.1 Å². The minimum atomic E-state index is -0.463. The molecule has 0 amide bonds. The monoisotopic (exact) mass is 232 g/mol. The van der Waals surface area contributed by atoms with Crippen molar-refractivity contribution in [2.24, 2.45) is 0 Å². The van der Waals surface area contributed by atoms with Crippen molar-refractivity contribution in [2.75, 3.05) is 7.11 Å². The molecule has 0 unspecified atom stereocenters. The first-order valence-electron chi connectivity index (χ1n) is 4.91. The number of rotatable bonds is 3. The second kappa shape index (κ2) is 4.66. The molecule has 17 heavy (non-hydrogen) atoms. The number of methoxy groups -OCH3 is 1. The van der Waals surface area contributed by atoms with Crippen LogP contribution in [0.15, 0.2) is 28.8 Å². The molecule has 0 aliphatic carbocycles. The molecule has 0 spiro atoms. The van der Waals surface area contributed by atoms with Crippen LogP contribution in [0.25, 0.3) is 11.3 Å². The minimum Gasteiger partial charge on any atom is -0.493 e. The highest BCUT2D eigenvalue weighted by Crippen LogP contribution is 2.31. The van der Waals surface area contributed by atoms with E-state index in [4.69, 9.17) is 14.5 Å². The summed E-state index contributed by atoms with van der Waals surface area (Å²) in [4.78, 5) is 0. The van der Waals surface area contributed by atoms with Crippen molar-refractivity contribution >= 4 is 0 Å². The second-order valence-corrected chi connectivity index (χ2v) is 3.33. The Morgan fingerprint density at radius 2 is 2.35 bits per heavy atom. The number of nitrogens with zero attached hydrogens (tertiary/aromatic N) is 2. The van der Waals surface area contributed by atoms with E-state index in [2.05, 4.69) is 5.16 Å². The molecule has 0 fully saturated rings. The lowest BCUT2D eigenvalue weighted by Crippen LogP contribution is -1.91. The summed E-state index contributed by atoms with van der Waals surface area (Å²) in [6.07, 6.45) is 0.130. The van der Waals surface area contributed by atoms with Gasteiger partial charge in [-0.1, -0.05) is 11.2 Å². The zero-order chi connectivity index (χ0) is 12.3. The van der Waals surface area contributed by atoms with Crippen LogP contribution in [0.4, 0.5) is 4.39 Å². The molecule has 0 aliphatic heterocycles. The van der Waals surface area contributed by atoms with E-state index < -0.39 is 5.82 Å². The first-order valence-corrected chi connectivity index (χ1v) is 4.91. The van der Waals surface area contributed by atoms with Crippen LogP contribution >= 0.6 is 0 Å². The Morgan fingerprint density at radius 3 is 3.06 bits per heavy atom. The van der Waals surface area contributed by atoms with Gasteiger partial charge in [-0.2, -0.15) is 5.26 Å². The minimum absolute atomic E-state index is 0.115. The van der Waals surface area contributed by atoms with Crippen molar-refractivity contribution in [3.05, 3.63) is 35.8 Å². The predicted molar refractivity (Wildman–Crippen MR) is 57.8 cm³/mol. The summed E-state index contributed by atoms with van der Waals surface area (Å²) in [5.41, 5.74) is 0.951. The van der Waals surface area contributed by atoms with Crippen LogP contribution in [0.5, 0.6) is 5.75 Å². The number of hydrogen-bond acceptors (Lipinski definition) is 4. The lowest BCUT2D eigenvalue weighted by molar-refractivity contribution is 0.383. The van der Waals surface area contributed by atoms with Crippen molar-refractivity contribution in [3.8, 4) is 23.1 Å². The number of ether oxygens (including phenoxy) is 1. The van der Waals surface area contributed by atoms with Gasteiger partial charge in [0.15, 0.2) is 17.3 Å². The van der Waals surface area contributed by atoms with Crippen molar-refractivity contribution in [3.63, 3.8) is 0 Å². The quantitative estimate of drug-likeness (QED) is 0.815. The molecule has 0 saturated heterocycles. The largest absolute Gasteiger partial charge is 0.493 e. The van der Waals surface area contributed by atoms with Crippen LogP contribution in [0.3, 0.4) is 0 Å². The third-order valence-electron chi connectivity index (χ3n) is 2.26. The molecule has 1 aromatic carbocycles. The fourth-order valence-corrected chi connectivity index (χ4v) is 1.52. The molecule has 1 heterocycles. The zero-order valence-corrected chi connectivity index (χ0v) is 9.11. The number of aromatic nitrogens is 1. The number of nitriles is 1. The maximum Gasteiger partial charge on any atom is 0.165 e. The molecular formula is C12H9FN2O2. The molecule has 0 atom stereocenters. The fourth-order valence-electron chi connectivity index (χ4n) is 1.52. The lowest BCUT2D eigenvalue weighted by Gasteiger charge is -2.05. The maximum absolute atomic E-state index is 13.5. The van der Waals surface area contributed by atoms with Gasteiger partial charge in [0.25, 0.3) is 0 Å². The van der Waals surface area contributed by atoms with E-state index in [1.165, 1.54) is 13.2 Å². The van der Waals surface area contributed by atoms with Crippen LogP contribution in [0.1, 0.15) is 5.76 Å². The van der Waals surface area contributed by atoms with Crippen molar-refractivity contribution in [2.45, 2.75) is 6.42 Å². The van der Waals surface area contributed by atoms with E-state index in [1.54, 1.807) is 18.2 Å². The summed E-state index contributed by atoms with van der Waals surface area (Å²) < 4.78 is 23.4. The number of halogens is 1. The van der Waals surface area contributed by atoms with Crippen LogP contribution in [0.2, 0.25) is 0 Å². The SMILES string of the molecule is COc1c(F)cccc1-c1cc(CC#N)on1. The van der Waals surface area contributed by atoms with Crippen molar-refractivity contribution in [1.29, 1.82) is 5.26 Å². The van der Waals surface area contributed by atoms with Gasteiger partial charge in [0, 0.05) is 11.6 Å². The molecule has 1 aromatic heterocycles. The van der Waals surface area contributed by atoms with Crippen LogP contribution in [-0.4, -0.2) is 12.3 Å². The summed E-state index contributed by atoms with van der Waals surface area (Å²) in [7, 11) is 1.39. The average Bonchev–Trinajstić information content (AvgIpc) is 2.78. The smallest absolute Gasteiger partial charge is 0.165 e. The van der Waals surface area contributed by atoms with Crippen molar-refractivity contribution < 1.29 is 13.7 Å². The van der Waals surface area contributed by atoms with E-state index in [1.807, 2.05) is 6.07 Å². The van der Waals surface area contributed by atoms with Gasteiger partial charge >= 0.3 is 0 Å². The summed E-state index contributed by atoms with van der Waals surface area (Å²) in [6, 6.07) is 8.09. The normalized spacial score (nSPS) is 9.94. The van der Waals surface area contributed by atoms with Crippen LogP contribution in [-0.2, 0) is 6.42 Å². The van der Waals surface area contributed by atoms with Crippen LogP contribution < -0.4 is 4.74 Å². The second-order valence-electron chi connectivity index (χ2n) is 3.33. The van der Waals surface area contributed by atoms with E-state index in [0.717, 1.165) is 0 Å². The molecule has 0 bridgehead atoms. The molecule has 86 valence electrons. The Hall–Kier alpha value is -2.35. The van der Waals surface area contributed by atoms with Crippen LogP contribution in [0, 0.1) is 17.1 Å². The summed E-state index contributed by atoms with van der Waals surface area (Å²) >= 11 is 0. The molecule has 0 saturated carbocycles. The van der Waals surface area contributed by atoms with E-state index in [0.29, 0.717) is 17.0 Å². The van der Waals surface area contributed by atoms with E-state index >= 15 is 0 Å². The number of para-hydroxylation sites is 1. The molecule has 0 radical (unpaired) electrons. The highest BCUT2D eigenvalue weighted by molar-refractivity contribution is 5.67. The molecular weight excluding hydrogens is 223 g/mol. The number of hydrogen-bond donors (Lipinski definition) is 0. The van der Waals surface area contributed by atoms with Gasteiger partial charge in [0.1, 0.15) is 5.69 Å². The Balaban J connectivity index is 2.45. The van der Waals surface area contributed by atoms with Gasteiger partial charge < -0.3 is 9.26 Å². The molecule has 0 aliphatic rings. The first kappa shape index (κ1) is 11.1. The third-order valence-corrected chi connectivity index (χ3v) is 2.26. The van der Waals surface area contributed by atoms with Gasteiger partial charge in [-0.3, -0.25) is 0 Å². The van der Waals surface area contributed by atoms with Gasteiger partial charge in [0.05, 0.1) is 19.6 Å². The van der Waals surface area contributed by atoms with E-state index in [9.17, 15) is 4.39 Å². The fraction of sp³-hybridized carbons (Fsp3) is 0.167. The molecule has 4 nitrogen and oxygen atoms in total. The zero-order valence-electron chi connectivity index (χ0n) is 9.11.